The van der Waals surface area contributed by atoms with Gasteiger partial charge in [0.2, 0.25) is 5.91 Å². The van der Waals surface area contributed by atoms with E-state index < -0.39 is 5.92 Å². The molecule has 0 saturated heterocycles. The van der Waals surface area contributed by atoms with E-state index in [0.717, 1.165) is 5.56 Å². The molecular weight excluding hydrogens is 212 g/mol. The molecule has 0 radical (unpaired) electrons. The lowest BCUT2D eigenvalue weighted by Crippen LogP contribution is -2.36. The topological polar surface area (TPSA) is 52.9 Å². The molecule has 0 aliphatic heterocycles. The van der Waals surface area contributed by atoms with Crippen LogP contribution in [0.1, 0.15) is 12.5 Å². The van der Waals surface area contributed by atoms with E-state index in [2.05, 4.69) is 11.2 Å². The number of nitrogens with zero attached hydrogens (tertiary/aromatic N) is 1. The first-order valence-electron chi connectivity index (χ1n) is 5.37. The minimum Gasteiger partial charge on any atom is -0.342 e. The predicted octanol–water partition coefficient (Wildman–Crippen LogP) is 1.51. The second kappa shape index (κ2) is 6.35. The van der Waals surface area contributed by atoms with E-state index in [1.165, 1.54) is 0 Å². The molecule has 0 saturated carbocycles. The molecule has 2 unspecified atom stereocenters. The summed E-state index contributed by atoms with van der Waals surface area (Å²) >= 11 is 0. The van der Waals surface area contributed by atoms with E-state index in [4.69, 9.17) is 11.7 Å². The van der Waals surface area contributed by atoms with Crippen LogP contribution in [0.5, 0.6) is 0 Å². The lowest BCUT2D eigenvalue weighted by atomic mass is 9.99. The number of carbonyl (C=O) groups excluding carboxylic acids is 1. The van der Waals surface area contributed by atoms with Crippen LogP contribution in [0.3, 0.4) is 0 Å². The average molecular weight is 226 g/mol. The van der Waals surface area contributed by atoms with Gasteiger partial charge in [-0.1, -0.05) is 36.3 Å². The number of benzene rings is 1. The molecule has 1 amide bonds. The molecule has 0 bridgehead atoms. The minimum atomic E-state index is -0.701. The van der Waals surface area contributed by atoms with Crippen LogP contribution in [-0.2, 0) is 11.2 Å². The van der Waals surface area contributed by atoms with Crippen molar-refractivity contribution in [3.8, 4) is 18.4 Å². The van der Waals surface area contributed by atoms with Crippen LogP contribution >= 0.6 is 0 Å². The molecule has 0 heterocycles. The maximum atomic E-state index is 11.7. The molecule has 1 rings (SSSR count). The summed E-state index contributed by atoms with van der Waals surface area (Å²) in [5, 5.41) is 11.6. The zero-order chi connectivity index (χ0) is 12.7. The van der Waals surface area contributed by atoms with E-state index in [1.807, 2.05) is 36.4 Å². The van der Waals surface area contributed by atoms with Gasteiger partial charge in [-0.25, -0.2) is 0 Å². The second-order valence-electron chi connectivity index (χ2n) is 3.77. The minimum absolute atomic E-state index is 0.318. The SMILES string of the molecule is C#CC(C)NC(=O)C(C#N)Cc1ccccc1. The lowest BCUT2D eigenvalue weighted by molar-refractivity contribution is -0.123. The Hall–Kier alpha value is -2.26. The van der Waals surface area contributed by atoms with Crippen molar-refractivity contribution in [2.24, 2.45) is 5.92 Å². The molecule has 3 heteroatoms. The van der Waals surface area contributed by atoms with Crippen LogP contribution in [0.15, 0.2) is 30.3 Å². The van der Waals surface area contributed by atoms with Crippen molar-refractivity contribution in [1.29, 1.82) is 5.26 Å². The highest BCUT2D eigenvalue weighted by molar-refractivity contribution is 5.81. The van der Waals surface area contributed by atoms with Gasteiger partial charge in [-0.3, -0.25) is 4.79 Å². The highest BCUT2D eigenvalue weighted by atomic mass is 16.1. The highest BCUT2D eigenvalue weighted by Crippen LogP contribution is 2.08. The van der Waals surface area contributed by atoms with Gasteiger partial charge in [-0.05, 0) is 18.9 Å². The molecule has 0 fully saturated rings. The molecule has 17 heavy (non-hydrogen) atoms. The quantitative estimate of drug-likeness (QED) is 0.791. The van der Waals surface area contributed by atoms with E-state index in [0.29, 0.717) is 6.42 Å². The maximum absolute atomic E-state index is 11.7. The van der Waals surface area contributed by atoms with Gasteiger partial charge in [0, 0.05) is 0 Å². The predicted molar refractivity (Wildman–Crippen MR) is 65.7 cm³/mol. The van der Waals surface area contributed by atoms with Crippen LogP contribution in [0, 0.1) is 29.6 Å². The van der Waals surface area contributed by atoms with Crippen molar-refractivity contribution >= 4 is 5.91 Å². The summed E-state index contributed by atoms with van der Waals surface area (Å²) in [5.41, 5.74) is 0.961. The monoisotopic (exact) mass is 226 g/mol. The van der Waals surface area contributed by atoms with Gasteiger partial charge in [-0.15, -0.1) is 6.42 Å². The molecule has 1 aromatic carbocycles. The van der Waals surface area contributed by atoms with Gasteiger partial charge in [0.05, 0.1) is 12.1 Å². The third-order valence-corrected chi connectivity index (χ3v) is 2.36. The van der Waals surface area contributed by atoms with Crippen molar-refractivity contribution in [1.82, 2.24) is 5.32 Å². The Morgan fingerprint density at radius 1 is 1.47 bits per heavy atom. The normalized spacial score (nSPS) is 12.9. The van der Waals surface area contributed by atoms with Crippen molar-refractivity contribution < 1.29 is 4.79 Å². The van der Waals surface area contributed by atoms with Crippen LogP contribution < -0.4 is 5.32 Å². The number of carbonyl (C=O) groups is 1. The Labute approximate surface area is 101 Å². The smallest absolute Gasteiger partial charge is 0.238 e. The summed E-state index contributed by atoms with van der Waals surface area (Å²) in [6, 6.07) is 11.1. The standard InChI is InChI=1S/C14H14N2O/c1-3-11(2)16-14(17)13(10-15)9-12-7-5-4-6-8-12/h1,4-8,11,13H,9H2,2H3,(H,16,17). The van der Waals surface area contributed by atoms with Crippen molar-refractivity contribution in [2.45, 2.75) is 19.4 Å². The average Bonchev–Trinajstić information content (AvgIpc) is 2.36. The zero-order valence-corrected chi connectivity index (χ0v) is 9.68. The summed E-state index contributed by atoms with van der Waals surface area (Å²) < 4.78 is 0. The van der Waals surface area contributed by atoms with Gasteiger partial charge in [-0.2, -0.15) is 5.26 Å². The summed E-state index contributed by atoms with van der Waals surface area (Å²) in [4.78, 5) is 11.7. The van der Waals surface area contributed by atoms with Crippen LogP contribution in [0.2, 0.25) is 0 Å². The molecule has 0 aliphatic rings. The van der Waals surface area contributed by atoms with E-state index in [1.54, 1.807) is 6.92 Å². The first-order chi connectivity index (χ1) is 8.17. The Kier molecular flexibility index (Phi) is 4.78. The molecule has 1 aromatic rings. The number of nitrogens with one attached hydrogen (secondary N) is 1. The number of terminal acetylenes is 1. The summed E-state index contributed by atoms with van der Waals surface area (Å²) in [6.07, 6.45) is 5.57. The number of hydrogen-bond acceptors (Lipinski definition) is 2. The third-order valence-electron chi connectivity index (χ3n) is 2.36. The fourth-order valence-corrected chi connectivity index (χ4v) is 1.40. The molecule has 86 valence electrons. The highest BCUT2D eigenvalue weighted by Gasteiger charge is 2.19. The summed E-state index contributed by atoms with van der Waals surface area (Å²) in [5.74, 6) is 1.38. The molecular formula is C14H14N2O. The van der Waals surface area contributed by atoms with Crippen molar-refractivity contribution in [3.05, 3.63) is 35.9 Å². The van der Waals surface area contributed by atoms with Crippen LogP contribution in [0.25, 0.3) is 0 Å². The fraction of sp³-hybridized carbons (Fsp3) is 0.286. The van der Waals surface area contributed by atoms with Crippen molar-refractivity contribution in [2.75, 3.05) is 0 Å². The Balaban J connectivity index is 2.65. The Morgan fingerprint density at radius 3 is 2.65 bits per heavy atom. The first-order valence-corrected chi connectivity index (χ1v) is 5.37. The van der Waals surface area contributed by atoms with Gasteiger partial charge in [0.15, 0.2) is 0 Å². The lowest BCUT2D eigenvalue weighted by Gasteiger charge is -2.12. The second-order valence-corrected chi connectivity index (χ2v) is 3.77. The third kappa shape index (κ3) is 4.01. The van der Waals surface area contributed by atoms with E-state index >= 15 is 0 Å². The largest absolute Gasteiger partial charge is 0.342 e. The molecule has 1 N–H and O–H groups in total. The van der Waals surface area contributed by atoms with Gasteiger partial charge in [0.25, 0.3) is 0 Å². The molecule has 0 spiro atoms. The maximum Gasteiger partial charge on any atom is 0.238 e. The van der Waals surface area contributed by atoms with Gasteiger partial charge in [0.1, 0.15) is 5.92 Å². The number of nitriles is 1. The van der Waals surface area contributed by atoms with Gasteiger partial charge < -0.3 is 5.32 Å². The number of hydrogen-bond donors (Lipinski definition) is 1. The Morgan fingerprint density at radius 2 is 2.12 bits per heavy atom. The molecule has 3 nitrogen and oxygen atoms in total. The molecule has 0 aromatic heterocycles. The van der Waals surface area contributed by atoms with Crippen LogP contribution in [0.4, 0.5) is 0 Å². The summed E-state index contributed by atoms with van der Waals surface area (Å²) in [7, 11) is 0. The Bertz CT molecular complexity index is 453. The van der Waals surface area contributed by atoms with Crippen LogP contribution in [-0.4, -0.2) is 11.9 Å². The zero-order valence-electron chi connectivity index (χ0n) is 9.68. The molecule has 2 atom stereocenters. The number of amides is 1. The van der Waals surface area contributed by atoms with Crippen molar-refractivity contribution in [3.63, 3.8) is 0 Å². The van der Waals surface area contributed by atoms with E-state index in [9.17, 15) is 4.79 Å². The molecule has 0 aliphatic carbocycles. The summed E-state index contributed by atoms with van der Waals surface area (Å²) in [6.45, 7) is 1.70. The first kappa shape index (κ1) is 12.8. The van der Waals surface area contributed by atoms with Gasteiger partial charge >= 0.3 is 0 Å². The fourth-order valence-electron chi connectivity index (χ4n) is 1.40. The number of rotatable bonds is 4. The van der Waals surface area contributed by atoms with E-state index in [-0.39, 0.29) is 11.9 Å².